The molecule has 1 aliphatic heterocycles. The minimum Gasteiger partial charge on any atom is -0.388 e. The van der Waals surface area contributed by atoms with E-state index in [1.165, 1.54) is 0 Å². The molecule has 1 aromatic rings. The van der Waals surface area contributed by atoms with Gasteiger partial charge in [0.25, 0.3) is 0 Å². The number of rotatable bonds is 0. The molecule has 1 heterocycles. The summed E-state index contributed by atoms with van der Waals surface area (Å²) in [5.74, 6) is 0. The average molecular weight is 212 g/mol. The number of aliphatic hydroxyl groups excluding tert-OH is 1. The van der Waals surface area contributed by atoms with Crippen LogP contribution in [0.1, 0.15) is 30.6 Å². The molecular weight excluding hydrogens is 198 g/mol. The molecule has 2 unspecified atom stereocenters. The highest BCUT2D eigenvalue weighted by Crippen LogP contribution is 2.37. The van der Waals surface area contributed by atoms with Crippen LogP contribution >= 0.6 is 11.6 Å². The second-order valence-corrected chi connectivity index (χ2v) is 4.34. The molecule has 1 aliphatic rings. The summed E-state index contributed by atoms with van der Waals surface area (Å²) in [6, 6.07) is 4.04. The first kappa shape index (κ1) is 9.81. The van der Waals surface area contributed by atoms with Gasteiger partial charge >= 0.3 is 0 Å². The summed E-state index contributed by atoms with van der Waals surface area (Å²) in [6.07, 6.45) is 0.394. The fourth-order valence-electron chi connectivity index (χ4n) is 1.94. The zero-order valence-electron chi connectivity index (χ0n) is 8.34. The molecule has 14 heavy (non-hydrogen) atoms. The Morgan fingerprint density at radius 1 is 1.50 bits per heavy atom. The Morgan fingerprint density at radius 2 is 2.21 bits per heavy atom. The summed E-state index contributed by atoms with van der Waals surface area (Å²) < 4.78 is 0. The third-order valence-electron chi connectivity index (χ3n) is 2.76. The number of hydrogen-bond acceptors (Lipinski definition) is 2. The quantitative estimate of drug-likeness (QED) is 0.692. The predicted molar refractivity (Wildman–Crippen MR) is 58.9 cm³/mol. The van der Waals surface area contributed by atoms with E-state index in [0.717, 1.165) is 28.3 Å². The highest BCUT2D eigenvalue weighted by molar-refractivity contribution is 6.31. The molecule has 0 amide bonds. The number of aliphatic hydroxyl groups is 1. The van der Waals surface area contributed by atoms with Crippen molar-refractivity contribution in [2.45, 2.75) is 32.4 Å². The molecule has 0 aliphatic carbocycles. The van der Waals surface area contributed by atoms with Crippen LogP contribution in [0.5, 0.6) is 0 Å². The largest absolute Gasteiger partial charge is 0.388 e. The van der Waals surface area contributed by atoms with Crippen LogP contribution in [-0.2, 0) is 0 Å². The van der Waals surface area contributed by atoms with Gasteiger partial charge in [0, 0.05) is 22.3 Å². The highest BCUT2D eigenvalue weighted by atomic mass is 35.5. The third kappa shape index (κ3) is 1.49. The SMILES string of the molecule is Cc1c(Cl)ccc2c1NC(C)CC2O. The third-order valence-corrected chi connectivity index (χ3v) is 3.17. The van der Waals surface area contributed by atoms with Crippen LogP contribution in [0.2, 0.25) is 5.02 Å². The molecular formula is C11H14ClNO. The van der Waals surface area contributed by atoms with Gasteiger partial charge in [-0.2, -0.15) is 0 Å². The van der Waals surface area contributed by atoms with Crippen LogP contribution in [0.25, 0.3) is 0 Å². The average Bonchev–Trinajstić information content (AvgIpc) is 2.12. The Balaban J connectivity index is 2.54. The maximum absolute atomic E-state index is 9.86. The van der Waals surface area contributed by atoms with Crippen LogP contribution in [-0.4, -0.2) is 11.1 Å². The van der Waals surface area contributed by atoms with Crippen molar-refractivity contribution in [3.05, 3.63) is 28.3 Å². The van der Waals surface area contributed by atoms with Crippen molar-refractivity contribution >= 4 is 17.3 Å². The standard InChI is InChI=1S/C11H14ClNO/c1-6-5-10(14)8-3-4-9(12)7(2)11(8)13-6/h3-4,6,10,13-14H,5H2,1-2H3. The van der Waals surface area contributed by atoms with Crippen LogP contribution < -0.4 is 5.32 Å². The van der Waals surface area contributed by atoms with Crippen LogP contribution in [0.15, 0.2) is 12.1 Å². The van der Waals surface area contributed by atoms with Gasteiger partial charge in [-0.05, 0) is 31.9 Å². The van der Waals surface area contributed by atoms with Crippen molar-refractivity contribution in [3.63, 3.8) is 0 Å². The van der Waals surface area contributed by atoms with E-state index in [2.05, 4.69) is 12.2 Å². The molecule has 0 bridgehead atoms. The lowest BCUT2D eigenvalue weighted by Gasteiger charge is -2.29. The molecule has 0 saturated carbocycles. The maximum Gasteiger partial charge on any atom is 0.0829 e. The first-order valence-electron chi connectivity index (χ1n) is 4.83. The van der Waals surface area contributed by atoms with E-state index in [9.17, 15) is 5.11 Å². The number of hydrogen-bond donors (Lipinski definition) is 2. The van der Waals surface area contributed by atoms with Crippen molar-refractivity contribution in [3.8, 4) is 0 Å². The molecule has 0 fully saturated rings. The summed E-state index contributed by atoms with van der Waals surface area (Å²) >= 11 is 6.02. The van der Waals surface area contributed by atoms with E-state index in [-0.39, 0.29) is 6.10 Å². The Kier molecular flexibility index (Phi) is 2.41. The number of anilines is 1. The lowest BCUT2D eigenvalue weighted by Crippen LogP contribution is -2.25. The molecule has 0 aromatic heterocycles. The van der Waals surface area contributed by atoms with Crippen molar-refractivity contribution in [1.82, 2.24) is 0 Å². The highest BCUT2D eigenvalue weighted by Gasteiger charge is 2.23. The number of halogens is 1. The molecule has 0 spiro atoms. The number of benzene rings is 1. The summed E-state index contributed by atoms with van der Waals surface area (Å²) in [4.78, 5) is 0. The van der Waals surface area contributed by atoms with Gasteiger partial charge in [0.15, 0.2) is 0 Å². The molecule has 1 aromatic carbocycles. The molecule has 3 heteroatoms. The summed E-state index contributed by atoms with van der Waals surface area (Å²) in [5.41, 5.74) is 2.99. The van der Waals surface area contributed by atoms with E-state index in [0.29, 0.717) is 6.04 Å². The summed E-state index contributed by atoms with van der Waals surface area (Å²) in [5, 5.41) is 14.0. The lowest BCUT2D eigenvalue weighted by molar-refractivity contribution is 0.158. The van der Waals surface area contributed by atoms with Gasteiger partial charge in [-0.1, -0.05) is 17.7 Å². The molecule has 0 saturated heterocycles. The van der Waals surface area contributed by atoms with Crippen LogP contribution in [0.4, 0.5) is 5.69 Å². The van der Waals surface area contributed by atoms with Gasteiger partial charge in [0.2, 0.25) is 0 Å². The van der Waals surface area contributed by atoms with Crippen molar-refractivity contribution in [1.29, 1.82) is 0 Å². The number of fused-ring (bicyclic) bond motifs is 1. The molecule has 2 atom stereocenters. The van der Waals surface area contributed by atoms with Gasteiger partial charge in [-0.3, -0.25) is 0 Å². The number of nitrogens with one attached hydrogen (secondary N) is 1. The van der Waals surface area contributed by atoms with Gasteiger partial charge in [0.1, 0.15) is 0 Å². The second kappa shape index (κ2) is 3.44. The predicted octanol–water partition coefficient (Wildman–Crippen LogP) is 2.89. The van der Waals surface area contributed by atoms with Gasteiger partial charge in [0.05, 0.1) is 6.10 Å². The minimum atomic E-state index is -0.364. The first-order valence-corrected chi connectivity index (χ1v) is 5.21. The zero-order valence-corrected chi connectivity index (χ0v) is 9.10. The zero-order chi connectivity index (χ0) is 10.3. The van der Waals surface area contributed by atoms with Crippen LogP contribution in [0.3, 0.4) is 0 Å². The topological polar surface area (TPSA) is 32.3 Å². The van der Waals surface area contributed by atoms with Crippen molar-refractivity contribution in [2.75, 3.05) is 5.32 Å². The van der Waals surface area contributed by atoms with E-state index < -0.39 is 0 Å². The van der Waals surface area contributed by atoms with Crippen LogP contribution in [0, 0.1) is 6.92 Å². The summed E-state index contributed by atoms with van der Waals surface area (Å²) in [7, 11) is 0. The fraction of sp³-hybridized carbons (Fsp3) is 0.455. The molecule has 0 radical (unpaired) electrons. The Bertz CT molecular complexity index is 365. The Morgan fingerprint density at radius 3 is 2.93 bits per heavy atom. The van der Waals surface area contributed by atoms with E-state index in [4.69, 9.17) is 11.6 Å². The van der Waals surface area contributed by atoms with Gasteiger partial charge < -0.3 is 10.4 Å². The van der Waals surface area contributed by atoms with Crippen molar-refractivity contribution < 1.29 is 5.11 Å². The van der Waals surface area contributed by atoms with Gasteiger partial charge in [-0.15, -0.1) is 0 Å². The fourth-order valence-corrected chi connectivity index (χ4v) is 2.10. The normalized spacial score (nSPS) is 25.4. The first-order chi connectivity index (χ1) is 6.59. The second-order valence-electron chi connectivity index (χ2n) is 3.93. The lowest BCUT2D eigenvalue weighted by atomic mass is 9.94. The molecule has 2 N–H and O–H groups in total. The summed E-state index contributed by atoms with van der Waals surface area (Å²) in [6.45, 7) is 4.03. The van der Waals surface area contributed by atoms with E-state index in [1.54, 1.807) is 0 Å². The van der Waals surface area contributed by atoms with E-state index in [1.807, 2.05) is 19.1 Å². The minimum absolute atomic E-state index is 0.301. The molecule has 2 rings (SSSR count). The monoisotopic (exact) mass is 211 g/mol. The van der Waals surface area contributed by atoms with Crippen molar-refractivity contribution in [2.24, 2.45) is 0 Å². The van der Waals surface area contributed by atoms with Gasteiger partial charge in [-0.25, -0.2) is 0 Å². The Labute approximate surface area is 88.9 Å². The Hall–Kier alpha value is -0.730. The van der Waals surface area contributed by atoms with E-state index >= 15 is 0 Å². The molecule has 76 valence electrons. The smallest absolute Gasteiger partial charge is 0.0829 e. The molecule has 2 nitrogen and oxygen atoms in total. The maximum atomic E-state index is 9.86.